The van der Waals surface area contributed by atoms with Crippen LogP contribution in [0.1, 0.15) is 33.0 Å². The second-order valence-corrected chi connectivity index (χ2v) is 8.51. The van der Waals surface area contributed by atoms with E-state index < -0.39 is 40.4 Å². The van der Waals surface area contributed by atoms with E-state index in [4.69, 9.17) is 0 Å². The molecule has 9 nitrogen and oxygen atoms in total. The number of benzene rings is 3. The van der Waals surface area contributed by atoms with Crippen LogP contribution in [-0.4, -0.2) is 32.6 Å². The van der Waals surface area contributed by atoms with Crippen LogP contribution in [0.15, 0.2) is 85.1 Å². The Kier molecular flexibility index (Phi) is 6.15. The van der Waals surface area contributed by atoms with Gasteiger partial charge in [0.1, 0.15) is 11.9 Å². The minimum absolute atomic E-state index is 0.135. The predicted molar refractivity (Wildman–Crippen MR) is 130 cm³/mol. The van der Waals surface area contributed by atoms with E-state index in [9.17, 15) is 32.9 Å². The first-order valence-corrected chi connectivity index (χ1v) is 11.3. The third-order valence-electron chi connectivity index (χ3n) is 6.20. The molecule has 0 bridgehead atoms. The number of para-hydroxylation sites is 2. The molecule has 0 saturated carbocycles. The monoisotopic (exact) mass is 521 g/mol. The van der Waals surface area contributed by atoms with Crippen molar-refractivity contribution in [3.05, 3.63) is 117 Å². The highest BCUT2D eigenvalue weighted by molar-refractivity contribution is 6.04. The van der Waals surface area contributed by atoms with E-state index in [1.165, 1.54) is 35.1 Å². The summed E-state index contributed by atoms with van der Waals surface area (Å²) in [6.07, 6.45) is -3.24. The molecule has 1 aliphatic heterocycles. The molecule has 2 atom stereocenters. The van der Waals surface area contributed by atoms with Crippen LogP contribution >= 0.6 is 0 Å². The van der Waals surface area contributed by atoms with Crippen LogP contribution in [0.3, 0.4) is 0 Å². The van der Waals surface area contributed by atoms with Crippen molar-refractivity contribution in [1.29, 1.82) is 0 Å². The molecule has 0 radical (unpaired) electrons. The smallest absolute Gasteiger partial charge is 0.339 e. The van der Waals surface area contributed by atoms with Gasteiger partial charge in [0.25, 0.3) is 11.6 Å². The van der Waals surface area contributed by atoms with Gasteiger partial charge in [0.05, 0.1) is 28.3 Å². The molecule has 1 aromatic heterocycles. The lowest BCUT2D eigenvalue weighted by Crippen LogP contribution is -2.50. The molecule has 0 spiro atoms. The van der Waals surface area contributed by atoms with Crippen LogP contribution in [0.5, 0.6) is 0 Å². The molecule has 0 unspecified atom stereocenters. The Bertz CT molecular complexity index is 1550. The number of rotatable bonds is 5. The zero-order valence-electron chi connectivity index (χ0n) is 19.3. The molecule has 38 heavy (non-hydrogen) atoms. The number of fused-ring (bicyclic) bond motifs is 1. The van der Waals surface area contributed by atoms with Crippen molar-refractivity contribution in [3.8, 4) is 5.69 Å². The summed E-state index contributed by atoms with van der Waals surface area (Å²) in [6, 6.07) is 17.0. The maximum atomic E-state index is 13.4. The van der Waals surface area contributed by atoms with Crippen molar-refractivity contribution in [2.24, 2.45) is 0 Å². The van der Waals surface area contributed by atoms with Gasteiger partial charge >= 0.3 is 6.18 Å². The number of halogens is 3. The summed E-state index contributed by atoms with van der Waals surface area (Å²) in [5, 5.41) is 21.4. The third kappa shape index (κ3) is 4.47. The van der Waals surface area contributed by atoms with Crippen molar-refractivity contribution >= 4 is 23.3 Å². The Labute approximate surface area is 213 Å². The lowest BCUT2D eigenvalue weighted by molar-refractivity contribution is -0.385. The highest BCUT2D eigenvalue weighted by Gasteiger charge is 2.43. The van der Waals surface area contributed by atoms with Crippen LogP contribution in [0.4, 0.5) is 24.7 Å². The Morgan fingerprint density at radius 2 is 1.71 bits per heavy atom. The Morgan fingerprint density at radius 3 is 2.42 bits per heavy atom. The van der Waals surface area contributed by atoms with E-state index in [0.717, 1.165) is 12.1 Å². The van der Waals surface area contributed by atoms with Crippen LogP contribution < -0.4 is 10.6 Å². The van der Waals surface area contributed by atoms with Crippen molar-refractivity contribution in [1.82, 2.24) is 15.1 Å². The summed E-state index contributed by atoms with van der Waals surface area (Å²) < 4.78 is 41.0. The molecule has 12 heteroatoms. The first kappa shape index (κ1) is 24.7. The molecule has 0 saturated heterocycles. The van der Waals surface area contributed by atoms with E-state index in [1.54, 1.807) is 36.4 Å². The standard InChI is InChI=1S/C26H18F3N5O4/c27-26(28,29)16-8-6-7-15(13-16)24(35)31-22-21(18-11-4-5-12-20(18)34(37)38)19-14-30-33(23(19)32-25(22)36)17-9-2-1-3-10-17/h1-14,21-22H,(H,31,35)(H,32,36)/t21-,22+/m1/s1. The number of alkyl halides is 3. The largest absolute Gasteiger partial charge is 0.416 e. The quantitative estimate of drug-likeness (QED) is 0.292. The fraction of sp³-hybridized carbons (Fsp3) is 0.115. The van der Waals surface area contributed by atoms with Crippen LogP contribution in [0.2, 0.25) is 0 Å². The number of hydrogen-bond donors (Lipinski definition) is 2. The fourth-order valence-corrected chi connectivity index (χ4v) is 4.48. The number of anilines is 1. The van der Waals surface area contributed by atoms with Gasteiger partial charge in [-0.2, -0.15) is 18.3 Å². The number of nitro groups is 1. The average molecular weight is 521 g/mol. The number of nitro benzene ring substituents is 1. The summed E-state index contributed by atoms with van der Waals surface area (Å²) in [5.74, 6) is -2.46. The number of carbonyl (C=O) groups excluding carboxylic acids is 2. The summed E-state index contributed by atoms with van der Waals surface area (Å²) in [4.78, 5) is 37.7. The molecule has 2 N–H and O–H groups in total. The molecule has 3 aromatic carbocycles. The average Bonchev–Trinajstić information content (AvgIpc) is 3.32. The van der Waals surface area contributed by atoms with Gasteiger partial charge in [-0.3, -0.25) is 19.7 Å². The second kappa shape index (κ2) is 9.47. The third-order valence-corrected chi connectivity index (χ3v) is 6.20. The maximum Gasteiger partial charge on any atom is 0.416 e. The number of nitrogens with one attached hydrogen (secondary N) is 2. The van der Waals surface area contributed by atoms with E-state index >= 15 is 0 Å². The van der Waals surface area contributed by atoms with E-state index in [-0.39, 0.29) is 22.6 Å². The minimum Gasteiger partial charge on any atom is -0.339 e. The molecule has 2 heterocycles. The van der Waals surface area contributed by atoms with Crippen molar-refractivity contribution in [2.75, 3.05) is 5.32 Å². The number of hydrogen-bond acceptors (Lipinski definition) is 5. The Morgan fingerprint density at radius 1 is 1.00 bits per heavy atom. The molecule has 2 amide bonds. The summed E-state index contributed by atoms with van der Waals surface area (Å²) >= 11 is 0. The highest BCUT2D eigenvalue weighted by Crippen LogP contribution is 2.41. The molecule has 4 aromatic rings. The van der Waals surface area contributed by atoms with Gasteiger partial charge in [-0.15, -0.1) is 0 Å². The normalized spacial score (nSPS) is 16.9. The zero-order chi connectivity index (χ0) is 27.0. The maximum absolute atomic E-state index is 13.4. The van der Waals surface area contributed by atoms with Gasteiger partial charge in [0.15, 0.2) is 0 Å². The van der Waals surface area contributed by atoms with Crippen LogP contribution in [0.25, 0.3) is 5.69 Å². The fourth-order valence-electron chi connectivity index (χ4n) is 4.48. The van der Waals surface area contributed by atoms with Crippen molar-refractivity contribution < 1.29 is 27.7 Å². The highest BCUT2D eigenvalue weighted by atomic mass is 19.4. The first-order valence-electron chi connectivity index (χ1n) is 11.3. The van der Waals surface area contributed by atoms with Gasteiger partial charge in [0.2, 0.25) is 5.91 Å². The summed E-state index contributed by atoms with van der Waals surface area (Å²) in [5.41, 5.74) is -0.502. The SMILES string of the molecule is O=C(N[C@@H]1C(=O)Nc2c(cnn2-c2ccccc2)[C@H]1c1ccccc1[N+](=O)[O-])c1cccc(C(F)(F)F)c1. The number of carbonyl (C=O) groups is 2. The molecule has 1 aliphatic rings. The van der Waals surface area contributed by atoms with Crippen molar-refractivity contribution in [2.45, 2.75) is 18.1 Å². The molecule has 5 rings (SSSR count). The zero-order valence-corrected chi connectivity index (χ0v) is 19.3. The van der Waals surface area contributed by atoms with E-state index in [1.807, 2.05) is 0 Å². The van der Waals surface area contributed by atoms with Crippen molar-refractivity contribution in [3.63, 3.8) is 0 Å². The Hall–Kier alpha value is -5.00. The van der Waals surface area contributed by atoms with E-state index in [0.29, 0.717) is 17.3 Å². The molecule has 0 fully saturated rings. The number of amides is 2. The lowest BCUT2D eigenvalue weighted by Gasteiger charge is -2.32. The Balaban J connectivity index is 1.61. The summed E-state index contributed by atoms with van der Waals surface area (Å²) in [6.45, 7) is 0. The van der Waals surface area contributed by atoms with Crippen LogP contribution in [0, 0.1) is 10.1 Å². The van der Waals surface area contributed by atoms with Gasteiger partial charge in [0, 0.05) is 22.8 Å². The van der Waals surface area contributed by atoms with Gasteiger partial charge in [-0.1, -0.05) is 42.5 Å². The van der Waals surface area contributed by atoms with Gasteiger partial charge in [-0.25, -0.2) is 4.68 Å². The lowest BCUT2D eigenvalue weighted by atomic mass is 9.82. The van der Waals surface area contributed by atoms with Gasteiger partial charge < -0.3 is 10.6 Å². The number of aromatic nitrogens is 2. The molecular formula is C26H18F3N5O4. The predicted octanol–water partition coefficient (Wildman–Crippen LogP) is 4.68. The molecular weight excluding hydrogens is 503 g/mol. The minimum atomic E-state index is -4.67. The van der Waals surface area contributed by atoms with Gasteiger partial charge in [-0.05, 0) is 30.3 Å². The van der Waals surface area contributed by atoms with Crippen LogP contribution in [-0.2, 0) is 11.0 Å². The molecule has 0 aliphatic carbocycles. The number of nitrogens with zero attached hydrogens (tertiary/aromatic N) is 3. The second-order valence-electron chi connectivity index (χ2n) is 8.51. The topological polar surface area (TPSA) is 119 Å². The first-order chi connectivity index (χ1) is 18.1. The molecule has 192 valence electrons. The summed E-state index contributed by atoms with van der Waals surface area (Å²) in [7, 11) is 0. The van der Waals surface area contributed by atoms with E-state index in [2.05, 4.69) is 15.7 Å².